The molecule has 0 bridgehead atoms. The van der Waals surface area contributed by atoms with Crippen molar-refractivity contribution in [2.24, 2.45) is 0 Å². The van der Waals surface area contributed by atoms with Gasteiger partial charge in [-0.3, -0.25) is 19.3 Å². The maximum absolute atomic E-state index is 12.7. The molecule has 0 saturated heterocycles. The van der Waals surface area contributed by atoms with Crippen LogP contribution in [-0.4, -0.2) is 38.2 Å². The summed E-state index contributed by atoms with van der Waals surface area (Å²) < 4.78 is 2.11. The van der Waals surface area contributed by atoms with Crippen LogP contribution in [0, 0.1) is 6.92 Å². The molecule has 1 aromatic heterocycles. The van der Waals surface area contributed by atoms with Crippen LogP contribution in [0.15, 0.2) is 54.7 Å². The Morgan fingerprint density at radius 2 is 1.74 bits per heavy atom. The lowest BCUT2D eigenvalue weighted by Crippen LogP contribution is -2.40. The average Bonchev–Trinajstić information content (AvgIpc) is 3.26. The first-order valence-corrected chi connectivity index (χ1v) is 10.4. The Balaban J connectivity index is 1.23. The van der Waals surface area contributed by atoms with Crippen LogP contribution in [0.1, 0.15) is 54.6 Å². The van der Waals surface area contributed by atoms with E-state index in [-0.39, 0.29) is 30.3 Å². The minimum Gasteiger partial charge on any atom is -0.347 e. The highest BCUT2D eigenvalue weighted by Gasteiger charge is 2.34. The van der Waals surface area contributed by atoms with Gasteiger partial charge < -0.3 is 9.88 Å². The van der Waals surface area contributed by atoms with E-state index in [0.29, 0.717) is 16.7 Å². The number of benzene rings is 2. The third kappa shape index (κ3) is 3.52. The highest BCUT2D eigenvalue weighted by Crippen LogP contribution is 2.24. The standard InChI is InChI=1S/C24H22N4O3/c1-15-12-27-14-18(10-11-21(27)25-15)26-22(29)17-8-6-16(7-9-17)13-28-23(30)19-4-2-3-5-20(19)24(28)31/h2-9,12,18H,10-11,13-14H2,1H3,(H,26,29). The highest BCUT2D eigenvalue weighted by molar-refractivity contribution is 6.21. The van der Waals surface area contributed by atoms with Gasteiger partial charge in [0, 0.05) is 30.8 Å². The van der Waals surface area contributed by atoms with Gasteiger partial charge >= 0.3 is 0 Å². The van der Waals surface area contributed by atoms with Crippen LogP contribution in [0.5, 0.6) is 0 Å². The van der Waals surface area contributed by atoms with E-state index < -0.39 is 0 Å². The average molecular weight is 414 g/mol. The van der Waals surface area contributed by atoms with Gasteiger partial charge in [0.05, 0.1) is 23.4 Å². The minimum atomic E-state index is -0.283. The van der Waals surface area contributed by atoms with Crippen molar-refractivity contribution >= 4 is 17.7 Å². The Kier molecular flexibility index (Phi) is 4.66. The van der Waals surface area contributed by atoms with Gasteiger partial charge in [0.1, 0.15) is 5.82 Å². The van der Waals surface area contributed by atoms with Gasteiger partial charge in [-0.2, -0.15) is 0 Å². The number of carbonyl (C=O) groups excluding carboxylic acids is 3. The van der Waals surface area contributed by atoms with E-state index in [1.54, 1.807) is 48.5 Å². The number of hydrogen-bond donors (Lipinski definition) is 1. The third-order valence-electron chi connectivity index (χ3n) is 5.88. The second kappa shape index (κ2) is 7.50. The number of nitrogens with zero attached hydrogens (tertiary/aromatic N) is 3. The lowest BCUT2D eigenvalue weighted by atomic mass is 10.1. The number of rotatable bonds is 4. The highest BCUT2D eigenvalue weighted by atomic mass is 16.2. The molecule has 0 saturated carbocycles. The molecular weight excluding hydrogens is 392 g/mol. The quantitative estimate of drug-likeness (QED) is 0.666. The first-order chi connectivity index (χ1) is 15.0. The molecule has 0 radical (unpaired) electrons. The van der Waals surface area contributed by atoms with Crippen LogP contribution in [0.4, 0.5) is 0 Å². The Morgan fingerprint density at radius 1 is 1.06 bits per heavy atom. The molecule has 3 amide bonds. The molecule has 3 heterocycles. The number of aryl methyl sites for hydroxylation is 2. The molecule has 0 spiro atoms. The minimum absolute atomic E-state index is 0.0617. The molecule has 1 N–H and O–H groups in total. The predicted molar refractivity (Wildman–Crippen MR) is 114 cm³/mol. The maximum atomic E-state index is 12.7. The van der Waals surface area contributed by atoms with Crippen LogP contribution < -0.4 is 5.32 Å². The molecule has 7 heteroatoms. The zero-order valence-electron chi connectivity index (χ0n) is 17.2. The van der Waals surface area contributed by atoms with Crippen molar-refractivity contribution in [1.82, 2.24) is 19.8 Å². The summed E-state index contributed by atoms with van der Waals surface area (Å²) in [7, 11) is 0. The lowest BCUT2D eigenvalue weighted by Gasteiger charge is -2.24. The Hall–Kier alpha value is -3.74. The zero-order chi connectivity index (χ0) is 21.5. The lowest BCUT2D eigenvalue weighted by molar-refractivity contribution is 0.0641. The summed E-state index contributed by atoms with van der Waals surface area (Å²) in [6.07, 6.45) is 3.72. The monoisotopic (exact) mass is 414 g/mol. The summed E-state index contributed by atoms with van der Waals surface area (Å²) in [6, 6.07) is 13.9. The fourth-order valence-electron chi connectivity index (χ4n) is 4.30. The van der Waals surface area contributed by atoms with Crippen molar-refractivity contribution in [1.29, 1.82) is 0 Å². The van der Waals surface area contributed by atoms with Gasteiger partial charge in [-0.15, -0.1) is 0 Å². The van der Waals surface area contributed by atoms with Crippen molar-refractivity contribution in [2.45, 2.75) is 38.9 Å². The molecule has 2 aliphatic heterocycles. The third-order valence-corrected chi connectivity index (χ3v) is 5.88. The molecule has 1 unspecified atom stereocenters. The Morgan fingerprint density at radius 3 is 2.42 bits per heavy atom. The summed E-state index contributed by atoms with van der Waals surface area (Å²) in [4.78, 5) is 43.5. The molecule has 7 nitrogen and oxygen atoms in total. The normalized spacial score (nSPS) is 17.5. The molecule has 31 heavy (non-hydrogen) atoms. The fraction of sp³-hybridized carbons (Fsp3) is 0.250. The van der Waals surface area contributed by atoms with E-state index in [1.807, 2.05) is 13.1 Å². The van der Waals surface area contributed by atoms with Crippen molar-refractivity contribution in [3.63, 3.8) is 0 Å². The van der Waals surface area contributed by atoms with E-state index >= 15 is 0 Å². The predicted octanol–water partition coefficient (Wildman–Crippen LogP) is 2.73. The molecule has 3 aromatic rings. The van der Waals surface area contributed by atoms with Crippen LogP contribution in [0.25, 0.3) is 0 Å². The molecule has 1 atom stereocenters. The van der Waals surface area contributed by atoms with E-state index in [2.05, 4.69) is 14.9 Å². The molecule has 2 aromatic carbocycles. The van der Waals surface area contributed by atoms with E-state index in [1.165, 1.54) is 4.90 Å². The number of aromatic nitrogens is 2. The van der Waals surface area contributed by atoms with Gasteiger partial charge in [0.25, 0.3) is 17.7 Å². The summed E-state index contributed by atoms with van der Waals surface area (Å²) in [5.74, 6) is 0.376. The van der Waals surface area contributed by atoms with E-state index in [4.69, 9.17) is 0 Å². The smallest absolute Gasteiger partial charge is 0.261 e. The first kappa shape index (κ1) is 19.2. The van der Waals surface area contributed by atoms with Gasteiger partial charge in [-0.05, 0) is 43.2 Å². The van der Waals surface area contributed by atoms with Gasteiger partial charge in [-0.1, -0.05) is 24.3 Å². The van der Waals surface area contributed by atoms with Crippen LogP contribution >= 0.6 is 0 Å². The van der Waals surface area contributed by atoms with E-state index in [9.17, 15) is 14.4 Å². The number of imide groups is 1. The molecule has 0 fully saturated rings. The van der Waals surface area contributed by atoms with Gasteiger partial charge in [-0.25, -0.2) is 4.98 Å². The number of carbonyl (C=O) groups is 3. The van der Waals surface area contributed by atoms with Crippen molar-refractivity contribution in [3.05, 3.63) is 88.5 Å². The zero-order valence-corrected chi connectivity index (χ0v) is 17.2. The fourth-order valence-corrected chi connectivity index (χ4v) is 4.30. The first-order valence-electron chi connectivity index (χ1n) is 10.4. The van der Waals surface area contributed by atoms with Gasteiger partial charge in [0.15, 0.2) is 0 Å². The Bertz CT molecular complexity index is 1160. The summed E-state index contributed by atoms with van der Waals surface area (Å²) in [6.45, 7) is 2.88. The van der Waals surface area contributed by atoms with Crippen molar-refractivity contribution in [2.75, 3.05) is 0 Å². The number of hydrogen-bond acceptors (Lipinski definition) is 4. The number of imidazole rings is 1. The number of amides is 3. The molecule has 0 aliphatic carbocycles. The molecule has 156 valence electrons. The van der Waals surface area contributed by atoms with Crippen LogP contribution in [0.3, 0.4) is 0 Å². The van der Waals surface area contributed by atoms with E-state index in [0.717, 1.165) is 36.5 Å². The Labute approximate surface area is 179 Å². The topological polar surface area (TPSA) is 84.3 Å². The molecule has 5 rings (SSSR count). The summed E-state index contributed by atoms with van der Waals surface area (Å²) in [5, 5.41) is 3.10. The largest absolute Gasteiger partial charge is 0.347 e. The second-order valence-corrected chi connectivity index (χ2v) is 8.10. The van der Waals surface area contributed by atoms with Crippen LogP contribution in [-0.2, 0) is 19.5 Å². The number of nitrogens with one attached hydrogen (secondary N) is 1. The molecular formula is C24H22N4O3. The second-order valence-electron chi connectivity index (χ2n) is 8.10. The SMILES string of the molecule is Cc1cn2c(n1)CCC(NC(=O)c1ccc(CN3C(=O)c4ccccc4C3=O)cc1)C2. The summed E-state index contributed by atoms with van der Waals surface area (Å²) in [5.41, 5.74) is 3.22. The summed E-state index contributed by atoms with van der Waals surface area (Å²) >= 11 is 0. The van der Waals surface area contributed by atoms with Crippen molar-refractivity contribution < 1.29 is 14.4 Å². The van der Waals surface area contributed by atoms with Crippen molar-refractivity contribution in [3.8, 4) is 0 Å². The van der Waals surface area contributed by atoms with Gasteiger partial charge in [0.2, 0.25) is 0 Å². The molecule has 2 aliphatic rings. The van der Waals surface area contributed by atoms with Crippen LogP contribution in [0.2, 0.25) is 0 Å². The number of fused-ring (bicyclic) bond motifs is 2. The maximum Gasteiger partial charge on any atom is 0.261 e.